The number of pyridine rings is 2. The lowest BCUT2D eigenvalue weighted by Gasteiger charge is -2.43. The first kappa shape index (κ1) is 35.5. The van der Waals surface area contributed by atoms with Crippen molar-refractivity contribution in [3.05, 3.63) is 48.0 Å². The molecule has 2 unspecified atom stereocenters. The molecule has 4 nitrogen and oxygen atoms in total. The second-order valence-corrected chi connectivity index (χ2v) is 28.0. The van der Waals surface area contributed by atoms with Crippen molar-refractivity contribution < 1.29 is 0 Å². The highest BCUT2D eigenvalue weighted by atomic mass is 28.3. The first-order valence-electron chi connectivity index (χ1n) is 18.2. The fourth-order valence-electron chi connectivity index (χ4n) is 10.9. The van der Waals surface area contributed by atoms with E-state index < -0.39 is 16.1 Å². The van der Waals surface area contributed by atoms with Gasteiger partial charge < -0.3 is 0 Å². The molecule has 0 spiro atoms. The largest absolute Gasteiger partial charge is 0.293 e. The van der Waals surface area contributed by atoms with Crippen molar-refractivity contribution in [1.29, 1.82) is 0 Å². The highest BCUT2D eigenvalue weighted by molar-refractivity contribution is 6.95. The molecule has 0 amide bonds. The average Bonchev–Trinajstić information content (AvgIpc) is 3.59. The van der Waals surface area contributed by atoms with Crippen LogP contribution in [0.4, 0.5) is 0 Å². The first-order chi connectivity index (χ1) is 20.8. The lowest BCUT2D eigenvalue weighted by atomic mass is 10.0. The predicted octanol–water partition coefficient (Wildman–Crippen LogP) is 8.88. The van der Waals surface area contributed by atoms with Crippen LogP contribution >= 0.6 is 0 Å². The highest BCUT2D eigenvalue weighted by Gasteiger charge is 2.46. The van der Waals surface area contributed by atoms with E-state index in [1.165, 1.54) is 50.2 Å². The molecule has 44 heavy (non-hydrogen) atoms. The van der Waals surface area contributed by atoms with Gasteiger partial charge in [0, 0.05) is 37.6 Å². The molecule has 2 aromatic heterocycles. The Morgan fingerprint density at radius 1 is 0.545 bits per heavy atom. The Bertz CT molecular complexity index is 1040. The van der Waals surface area contributed by atoms with Crippen LogP contribution in [0, 0.1) is 0 Å². The third-order valence-electron chi connectivity index (χ3n) is 12.4. The summed E-state index contributed by atoms with van der Waals surface area (Å²) in [7, 11) is -3.34. The molecule has 2 fully saturated rings. The van der Waals surface area contributed by atoms with E-state index in [0.29, 0.717) is 45.3 Å². The number of aromatic nitrogens is 2. The summed E-state index contributed by atoms with van der Waals surface area (Å²) < 4.78 is 0. The van der Waals surface area contributed by atoms with Gasteiger partial charge in [-0.05, 0) is 94.5 Å². The van der Waals surface area contributed by atoms with E-state index in [0.717, 1.165) is 13.1 Å². The molecule has 0 aliphatic carbocycles. The van der Waals surface area contributed by atoms with Gasteiger partial charge in [-0.3, -0.25) is 19.8 Å². The van der Waals surface area contributed by atoms with E-state index in [4.69, 9.17) is 9.97 Å². The van der Waals surface area contributed by atoms with Gasteiger partial charge in [-0.15, -0.1) is 0 Å². The summed E-state index contributed by atoms with van der Waals surface area (Å²) in [5.74, 6) is 0. The smallest absolute Gasteiger partial charge is 0.0962 e. The molecule has 2 aromatic rings. The van der Waals surface area contributed by atoms with Crippen LogP contribution in [-0.2, 0) is 13.1 Å². The molecule has 0 radical (unpaired) electrons. The minimum Gasteiger partial charge on any atom is -0.293 e. The van der Waals surface area contributed by atoms with Crippen molar-refractivity contribution in [2.45, 2.75) is 167 Å². The van der Waals surface area contributed by atoms with Crippen LogP contribution in [0.5, 0.6) is 0 Å². The summed E-state index contributed by atoms with van der Waals surface area (Å²) in [6.07, 6.45) is 9.77. The fraction of sp³-hybridized carbons (Fsp3) is 0.737. The molecule has 6 heteroatoms. The van der Waals surface area contributed by atoms with Gasteiger partial charge in [0.1, 0.15) is 0 Å². The fourth-order valence-corrected chi connectivity index (χ4v) is 24.3. The lowest BCUT2D eigenvalue weighted by molar-refractivity contribution is 0.122. The Labute approximate surface area is 273 Å². The number of hydrogen-bond acceptors (Lipinski definition) is 4. The normalized spacial score (nSPS) is 21.0. The molecule has 0 aromatic carbocycles. The molecule has 0 bridgehead atoms. The van der Waals surface area contributed by atoms with Gasteiger partial charge in [0.15, 0.2) is 0 Å². The summed E-state index contributed by atoms with van der Waals surface area (Å²) in [5.41, 5.74) is 6.75. The molecule has 4 rings (SSSR count). The maximum atomic E-state index is 5.14. The van der Waals surface area contributed by atoms with E-state index in [1.54, 1.807) is 10.4 Å². The quantitative estimate of drug-likeness (QED) is 0.206. The molecule has 246 valence electrons. The van der Waals surface area contributed by atoms with Gasteiger partial charge in [-0.1, -0.05) is 95.2 Å². The minimum atomic E-state index is -1.67. The lowest BCUT2D eigenvalue weighted by Crippen LogP contribution is -2.55. The first-order valence-corrected chi connectivity index (χ1v) is 22.6. The summed E-state index contributed by atoms with van der Waals surface area (Å²) in [5, 5.41) is 3.10. The van der Waals surface area contributed by atoms with Crippen LogP contribution in [0.3, 0.4) is 0 Å². The van der Waals surface area contributed by atoms with Crippen molar-refractivity contribution in [3.8, 4) is 0 Å². The SMILES string of the molecule is CC(C)[Si](c1ccc(CN2CCCC2C2CCCN2Cc2ccc([Si](C(C)C)(C(C)C)C(C)C)cn2)nc1)(C(C)C)C(C)C. The van der Waals surface area contributed by atoms with Crippen LogP contribution in [-0.4, -0.2) is 61.1 Å². The molecular weight excluding hydrogens is 569 g/mol. The van der Waals surface area contributed by atoms with Crippen LogP contribution in [0.2, 0.25) is 33.2 Å². The maximum absolute atomic E-state index is 5.14. The molecule has 0 saturated carbocycles. The van der Waals surface area contributed by atoms with Crippen LogP contribution < -0.4 is 10.4 Å². The van der Waals surface area contributed by atoms with Crippen molar-refractivity contribution in [2.24, 2.45) is 0 Å². The zero-order chi connectivity index (χ0) is 32.4. The Balaban J connectivity index is 1.47. The van der Waals surface area contributed by atoms with Crippen LogP contribution in [0.25, 0.3) is 0 Å². The number of nitrogens with zero attached hydrogens (tertiary/aromatic N) is 4. The second-order valence-electron chi connectivity index (χ2n) is 16.2. The zero-order valence-electron chi connectivity index (χ0n) is 30.5. The van der Waals surface area contributed by atoms with Gasteiger partial charge in [0.2, 0.25) is 0 Å². The predicted molar refractivity (Wildman–Crippen MR) is 197 cm³/mol. The molecular formula is C38H66N4Si2. The van der Waals surface area contributed by atoms with Crippen molar-refractivity contribution in [2.75, 3.05) is 13.1 Å². The third-order valence-corrected chi connectivity index (χ3v) is 26.4. The third kappa shape index (κ3) is 6.57. The summed E-state index contributed by atoms with van der Waals surface area (Å²) in [6, 6.07) is 10.9. The van der Waals surface area contributed by atoms with Crippen LogP contribution in [0.15, 0.2) is 36.7 Å². The Hall–Kier alpha value is -1.35. The van der Waals surface area contributed by atoms with E-state index in [-0.39, 0.29) is 0 Å². The minimum absolute atomic E-state index is 0.622. The van der Waals surface area contributed by atoms with Gasteiger partial charge in [-0.25, -0.2) is 0 Å². The topological polar surface area (TPSA) is 32.3 Å². The van der Waals surface area contributed by atoms with Crippen molar-refractivity contribution in [1.82, 2.24) is 19.8 Å². The number of hydrogen-bond donors (Lipinski definition) is 0. The Morgan fingerprint density at radius 3 is 1.11 bits per heavy atom. The van der Waals surface area contributed by atoms with Gasteiger partial charge >= 0.3 is 0 Å². The molecule has 2 aliphatic rings. The number of rotatable bonds is 13. The molecule has 4 heterocycles. The van der Waals surface area contributed by atoms with E-state index in [2.05, 4.69) is 130 Å². The average molecular weight is 635 g/mol. The van der Waals surface area contributed by atoms with Crippen molar-refractivity contribution in [3.63, 3.8) is 0 Å². The van der Waals surface area contributed by atoms with E-state index in [9.17, 15) is 0 Å². The number of likely N-dealkylation sites (tertiary alicyclic amines) is 2. The summed E-state index contributed by atoms with van der Waals surface area (Å²) in [6.45, 7) is 33.7. The summed E-state index contributed by atoms with van der Waals surface area (Å²) in [4.78, 5) is 15.8. The zero-order valence-corrected chi connectivity index (χ0v) is 32.5. The molecule has 2 saturated heterocycles. The Kier molecular flexibility index (Phi) is 11.8. The standard InChI is InChI=1S/C38H66N4Si2/c1-27(2)43(28(3)4,29(5)6)35-19-17-33(39-23-35)25-41-21-13-15-37(41)38-16-14-22-42(38)26-34-18-20-36(24-40-34)44(30(7)8,31(9)10)32(11)12/h17-20,23-24,27-32,37-38H,13-16,21-22,25-26H2,1-12H3. The Morgan fingerprint density at radius 2 is 0.864 bits per heavy atom. The van der Waals surface area contributed by atoms with E-state index >= 15 is 0 Å². The molecule has 0 N–H and O–H groups in total. The van der Waals surface area contributed by atoms with E-state index in [1.807, 2.05) is 0 Å². The second kappa shape index (κ2) is 14.6. The van der Waals surface area contributed by atoms with Gasteiger partial charge in [-0.2, -0.15) is 0 Å². The monoisotopic (exact) mass is 634 g/mol. The summed E-state index contributed by atoms with van der Waals surface area (Å²) >= 11 is 0. The van der Waals surface area contributed by atoms with Crippen molar-refractivity contribution >= 4 is 26.5 Å². The van der Waals surface area contributed by atoms with Crippen LogP contribution in [0.1, 0.15) is 120 Å². The highest BCUT2D eigenvalue weighted by Crippen LogP contribution is 2.42. The molecule has 2 aliphatic heterocycles. The molecule has 2 atom stereocenters. The maximum Gasteiger partial charge on any atom is 0.0962 e. The van der Waals surface area contributed by atoms with Gasteiger partial charge in [0.05, 0.1) is 27.5 Å². The van der Waals surface area contributed by atoms with Gasteiger partial charge in [0.25, 0.3) is 0 Å².